The van der Waals surface area contributed by atoms with E-state index in [0.29, 0.717) is 24.8 Å². The number of rotatable bonds is 7. The number of aromatic nitrogens is 2. The zero-order valence-corrected chi connectivity index (χ0v) is 18.8. The number of carbonyl (C=O) groups excluding carboxylic acids is 1. The van der Waals surface area contributed by atoms with Crippen molar-refractivity contribution in [1.82, 2.24) is 15.3 Å². The van der Waals surface area contributed by atoms with E-state index in [0.717, 1.165) is 37.1 Å². The summed E-state index contributed by atoms with van der Waals surface area (Å²) in [7, 11) is 0. The Kier molecular flexibility index (Phi) is 7.00. The molecule has 1 atom stereocenters. The van der Waals surface area contributed by atoms with E-state index in [4.69, 9.17) is 4.74 Å². The topological polar surface area (TPSA) is 67.4 Å². The van der Waals surface area contributed by atoms with Crippen molar-refractivity contribution < 1.29 is 9.53 Å². The molecule has 0 saturated carbocycles. The first-order chi connectivity index (χ1) is 15.6. The lowest BCUT2D eigenvalue weighted by atomic mass is 9.97. The molecule has 1 unspecified atom stereocenters. The maximum Gasteiger partial charge on any atom is 0.263 e. The molecule has 6 heteroatoms. The van der Waals surface area contributed by atoms with Crippen molar-refractivity contribution >= 4 is 11.7 Å². The van der Waals surface area contributed by atoms with Crippen molar-refractivity contribution in [2.45, 2.75) is 39.7 Å². The first kappa shape index (κ1) is 21.8. The molecular weight excluding hydrogens is 400 g/mol. The van der Waals surface area contributed by atoms with Crippen molar-refractivity contribution in [3.05, 3.63) is 77.6 Å². The molecule has 0 bridgehead atoms. The maximum absolute atomic E-state index is 12.9. The summed E-state index contributed by atoms with van der Waals surface area (Å²) in [5, 5.41) is 3.10. The second kappa shape index (κ2) is 10.3. The molecule has 32 heavy (non-hydrogen) atoms. The Morgan fingerprint density at radius 3 is 2.53 bits per heavy atom. The number of piperidine rings is 1. The lowest BCUT2D eigenvalue weighted by Gasteiger charge is -2.33. The molecular formula is C26H30N4O2. The summed E-state index contributed by atoms with van der Waals surface area (Å²) >= 11 is 0. The number of carbonyl (C=O) groups is 1. The fourth-order valence-corrected chi connectivity index (χ4v) is 3.93. The average Bonchev–Trinajstić information content (AvgIpc) is 2.84. The summed E-state index contributed by atoms with van der Waals surface area (Å²) < 4.78 is 6.02. The van der Waals surface area contributed by atoms with Crippen LogP contribution in [0.5, 0.6) is 11.6 Å². The molecule has 1 aliphatic rings. The van der Waals surface area contributed by atoms with Gasteiger partial charge in [0, 0.05) is 32.0 Å². The zero-order chi connectivity index (χ0) is 22.3. The van der Waals surface area contributed by atoms with Gasteiger partial charge in [-0.05, 0) is 49.4 Å². The van der Waals surface area contributed by atoms with Gasteiger partial charge in [-0.3, -0.25) is 4.79 Å². The summed E-state index contributed by atoms with van der Waals surface area (Å²) in [6.07, 6.45) is 6.10. The average molecular weight is 431 g/mol. The Labute approximate surface area is 189 Å². The minimum Gasteiger partial charge on any atom is -0.436 e. The third kappa shape index (κ3) is 5.44. The third-order valence-electron chi connectivity index (χ3n) is 5.87. The monoisotopic (exact) mass is 430 g/mol. The van der Waals surface area contributed by atoms with E-state index < -0.39 is 0 Å². The fourth-order valence-electron chi connectivity index (χ4n) is 3.93. The van der Waals surface area contributed by atoms with Gasteiger partial charge in [0.1, 0.15) is 5.75 Å². The number of nitrogens with one attached hydrogen (secondary N) is 1. The van der Waals surface area contributed by atoms with Gasteiger partial charge >= 0.3 is 0 Å². The molecule has 0 radical (unpaired) electrons. The first-order valence-electron chi connectivity index (χ1n) is 11.3. The first-order valence-corrected chi connectivity index (χ1v) is 11.3. The molecule has 1 N–H and O–H groups in total. The Morgan fingerprint density at radius 2 is 1.78 bits per heavy atom. The van der Waals surface area contributed by atoms with Gasteiger partial charge in [0.05, 0.1) is 5.92 Å². The van der Waals surface area contributed by atoms with Gasteiger partial charge in [0.15, 0.2) is 5.82 Å². The van der Waals surface area contributed by atoms with Crippen LogP contribution in [-0.4, -0.2) is 29.0 Å². The molecule has 4 rings (SSSR count). The van der Waals surface area contributed by atoms with E-state index in [-0.39, 0.29) is 11.8 Å². The molecule has 0 aliphatic carbocycles. The SMILES string of the molecule is CCc1ccc(CNC(=O)C2CCCN(c3nccnc3Oc3ccc(C)cc3)C2)cc1. The second-order valence-electron chi connectivity index (χ2n) is 8.27. The summed E-state index contributed by atoms with van der Waals surface area (Å²) in [5.74, 6) is 1.86. The van der Waals surface area contributed by atoms with Gasteiger partial charge in [-0.15, -0.1) is 0 Å². The van der Waals surface area contributed by atoms with Crippen LogP contribution >= 0.6 is 0 Å². The predicted molar refractivity (Wildman–Crippen MR) is 126 cm³/mol. The summed E-state index contributed by atoms with van der Waals surface area (Å²) in [6, 6.07) is 16.3. The lowest BCUT2D eigenvalue weighted by molar-refractivity contribution is -0.125. The molecule has 0 spiro atoms. The highest BCUT2D eigenvalue weighted by molar-refractivity contribution is 5.79. The van der Waals surface area contributed by atoms with E-state index >= 15 is 0 Å². The van der Waals surface area contributed by atoms with Crippen LogP contribution in [0.25, 0.3) is 0 Å². The minimum absolute atomic E-state index is 0.0826. The third-order valence-corrected chi connectivity index (χ3v) is 5.87. The van der Waals surface area contributed by atoms with Crippen LogP contribution in [0.4, 0.5) is 5.82 Å². The highest BCUT2D eigenvalue weighted by Crippen LogP contribution is 2.31. The van der Waals surface area contributed by atoms with Crippen LogP contribution in [0, 0.1) is 12.8 Å². The molecule has 1 amide bonds. The van der Waals surface area contributed by atoms with Crippen LogP contribution in [-0.2, 0) is 17.8 Å². The predicted octanol–water partition coefficient (Wildman–Crippen LogP) is 4.67. The minimum atomic E-state index is -0.0899. The molecule has 6 nitrogen and oxygen atoms in total. The zero-order valence-electron chi connectivity index (χ0n) is 18.8. The molecule has 3 aromatic rings. The van der Waals surface area contributed by atoms with Gasteiger partial charge in [0.25, 0.3) is 5.88 Å². The van der Waals surface area contributed by atoms with Gasteiger partial charge in [-0.2, -0.15) is 0 Å². The number of benzene rings is 2. The molecule has 2 heterocycles. The maximum atomic E-state index is 12.9. The molecule has 1 aromatic heterocycles. The highest BCUT2D eigenvalue weighted by Gasteiger charge is 2.28. The van der Waals surface area contributed by atoms with E-state index in [9.17, 15) is 4.79 Å². The number of aryl methyl sites for hydroxylation is 2. The highest BCUT2D eigenvalue weighted by atomic mass is 16.5. The number of hydrogen-bond acceptors (Lipinski definition) is 5. The van der Waals surface area contributed by atoms with E-state index in [1.165, 1.54) is 11.1 Å². The quantitative estimate of drug-likeness (QED) is 0.590. The number of anilines is 1. The second-order valence-corrected chi connectivity index (χ2v) is 8.27. The Morgan fingerprint density at radius 1 is 1.06 bits per heavy atom. The van der Waals surface area contributed by atoms with Crippen LogP contribution in [0.1, 0.15) is 36.5 Å². The van der Waals surface area contributed by atoms with Gasteiger partial charge in [-0.1, -0.05) is 48.9 Å². The Hall–Kier alpha value is -3.41. The summed E-state index contributed by atoms with van der Waals surface area (Å²) in [4.78, 5) is 23.9. The van der Waals surface area contributed by atoms with Crippen LogP contribution in [0.15, 0.2) is 60.9 Å². The number of hydrogen-bond donors (Lipinski definition) is 1. The summed E-state index contributed by atoms with van der Waals surface area (Å²) in [5.41, 5.74) is 3.59. The van der Waals surface area contributed by atoms with Crippen LogP contribution in [0.2, 0.25) is 0 Å². The van der Waals surface area contributed by atoms with E-state index in [1.807, 2.05) is 31.2 Å². The molecule has 166 valence electrons. The van der Waals surface area contributed by atoms with Gasteiger partial charge < -0.3 is 15.0 Å². The van der Waals surface area contributed by atoms with Gasteiger partial charge in [0.2, 0.25) is 5.91 Å². The number of ether oxygens (including phenoxy) is 1. The Bertz CT molecular complexity index is 1030. The van der Waals surface area contributed by atoms with Crippen molar-refractivity contribution in [3.63, 3.8) is 0 Å². The number of nitrogens with zero attached hydrogens (tertiary/aromatic N) is 3. The number of amides is 1. The van der Waals surface area contributed by atoms with E-state index in [2.05, 4.69) is 51.4 Å². The van der Waals surface area contributed by atoms with Crippen LogP contribution in [0.3, 0.4) is 0 Å². The normalized spacial score (nSPS) is 15.9. The van der Waals surface area contributed by atoms with Crippen molar-refractivity contribution in [2.75, 3.05) is 18.0 Å². The van der Waals surface area contributed by atoms with Crippen molar-refractivity contribution in [2.24, 2.45) is 5.92 Å². The van der Waals surface area contributed by atoms with Gasteiger partial charge in [-0.25, -0.2) is 9.97 Å². The van der Waals surface area contributed by atoms with Crippen molar-refractivity contribution in [1.29, 1.82) is 0 Å². The van der Waals surface area contributed by atoms with E-state index in [1.54, 1.807) is 12.4 Å². The standard InChI is InChI=1S/C26H30N4O2/c1-3-20-8-10-21(11-9-20)17-29-25(31)22-5-4-16-30(18-22)24-26(28-15-14-27-24)32-23-12-6-19(2)7-13-23/h6-15,22H,3-5,16-18H2,1-2H3,(H,29,31). The lowest BCUT2D eigenvalue weighted by Crippen LogP contribution is -2.43. The fraction of sp³-hybridized carbons (Fsp3) is 0.346. The Balaban J connectivity index is 1.40. The molecule has 1 fully saturated rings. The van der Waals surface area contributed by atoms with Crippen LogP contribution < -0.4 is 15.0 Å². The van der Waals surface area contributed by atoms with Crippen molar-refractivity contribution in [3.8, 4) is 11.6 Å². The summed E-state index contributed by atoms with van der Waals surface area (Å²) in [6.45, 7) is 6.15. The molecule has 1 aliphatic heterocycles. The molecule has 2 aromatic carbocycles. The molecule has 1 saturated heterocycles. The smallest absolute Gasteiger partial charge is 0.263 e. The largest absolute Gasteiger partial charge is 0.436 e.